The summed E-state index contributed by atoms with van der Waals surface area (Å²) in [7, 11) is 4.67. The summed E-state index contributed by atoms with van der Waals surface area (Å²) in [6.45, 7) is 0.432. The molecule has 8 nitrogen and oxygen atoms in total. The molecule has 0 amide bonds. The van der Waals surface area contributed by atoms with Crippen LogP contribution in [0.2, 0.25) is 5.02 Å². The monoisotopic (exact) mass is 478 g/mol. The van der Waals surface area contributed by atoms with Crippen LogP contribution in [0.1, 0.15) is 15.9 Å². The molecule has 0 aliphatic heterocycles. The van der Waals surface area contributed by atoms with Crippen LogP contribution in [-0.2, 0) is 6.54 Å². The molecule has 0 saturated heterocycles. The van der Waals surface area contributed by atoms with Gasteiger partial charge >= 0.3 is 0 Å². The SMILES string of the molecule is COc1ccc(CNc2nc(-c3ccc(Cl)cc3)nn2C(=O)c2ccc(OC)c(OC)c2)cc1. The van der Waals surface area contributed by atoms with Gasteiger partial charge in [0, 0.05) is 22.7 Å². The number of hydrogen-bond acceptors (Lipinski definition) is 7. The third kappa shape index (κ3) is 4.97. The van der Waals surface area contributed by atoms with Gasteiger partial charge in [0.2, 0.25) is 5.95 Å². The van der Waals surface area contributed by atoms with Gasteiger partial charge in [-0.1, -0.05) is 23.7 Å². The van der Waals surface area contributed by atoms with E-state index in [-0.39, 0.29) is 5.91 Å². The molecule has 0 fully saturated rings. The molecule has 0 radical (unpaired) electrons. The number of aromatic nitrogens is 3. The molecular formula is C25H23ClN4O4. The molecule has 0 spiro atoms. The van der Waals surface area contributed by atoms with E-state index in [1.807, 2.05) is 24.3 Å². The van der Waals surface area contributed by atoms with Gasteiger partial charge in [0.15, 0.2) is 17.3 Å². The average Bonchev–Trinajstić information content (AvgIpc) is 3.31. The molecule has 9 heteroatoms. The Bertz CT molecular complexity index is 1290. The largest absolute Gasteiger partial charge is 0.497 e. The van der Waals surface area contributed by atoms with Crippen molar-refractivity contribution < 1.29 is 19.0 Å². The minimum absolute atomic E-state index is 0.306. The Morgan fingerprint density at radius 3 is 2.26 bits per heavy atom. The van der Waals surface area contributed by atoms with Crippen molar-refractivity contribution in [2.75, 3.05) is 26.6 Å². The minimum atomic E-state index is -0.370. The standard InChI is InChI=1S/C25H23ClN4O4/c1-32-20-11-4-16(5-12-20)15-27-25-28-23(17-6-9-19(26)10-7-17)29-30(25)24(31)18-8-13-21(33-2)22(14-18)34-3/h4-14H,15H2,1-3H3,(H,27,28,29). The van der Waals surface area contributed by atoms with Crippen molar-refractivity contribution in [3.05, 3.63) is 82.9 Å². The first kappa shape index (κ1) is 23.1. The zero-order valence-electron chi connectivity index (χ0n) is 18.9. The summed E-state index contributed by atoms with van der Waals surface area (Å²) >= 11 is 6.02. The van der Waals surface area contributed by atoms with Gasteiger partial charge in [0.25, 0.3) is 5.91 Å². The number of anilines is 1. The molecule has 4 aromatic rings. The van der Waals surface area contributed by atoms with E-state index in [1.165, 1.54) is 18.9 Å². The highest BCUT2D eigenvalue weighted by atomic mass is 35.5. The smallest absolute Gasteiger partial charge is 0.281 e. The second kappa shape index (κ2) is 10.3. The molecule has 0 aliphatic carbocycles. The fraction of sp³-hybridized carbons (Fsp3) is 0.160. The van der Waals surface area contributed by atoms with Gasteiger partial charge in [-0.15, -0.1) is 5.10 Å². The van der Waals surface area contributed by atoms with E-state index in [0.29, 0.717) is 40.4 Å². The van der Waals surface area contributed by atoms with Crippen LogP contribution in [0.25, 0.3) is 11.4 Å². The Labute approximate surface area is 202 Å². The topological polar surface area (TPSA) is 87.5 Å². The highest BCUT2D eigenvalue weighted by molar-refractivity contribution is 6.30. The maximum atomic E-state index is 13.4. The Morgan fingerprint density at radius 1 is 0.912 bits per heavy atom. The third-order valence-corrected chi connectivity index (χ3v) is 5.39. The molecule has 0 unspecified atom stereocenters. The molecule has 3 aromatic carbocycles. The van der Waals surface area contributed by atoms with Crippen LogP contribution in [0.5, 0.6) is 17.2 Å². The number of benzene rings is 3. The summed E-state index contributed by atoms with van der Waals surface area (Å²) in [5.74, 6) is 2.06. The highest BCUT2D eigenvalue weighted by Crippen LogP contribution is 2.29. The van der Waals surface area contributed by atoms with Gasteiger partial charge in [-0.3, -0.25) is 4.79 Å². The van der Waals surface area contributed by atoms with Crippen LogP contribution in [0.4, 0.5) is 5.95 Å². The first-order valence-electron chi connectivity index (χ1n) is 10.4. The summed E-state index contributed by atoms with van der Waals surface area (Å²) in [6, 6.07) is 19.6. The number of carbonyl (C=O) groups is 1. The van der Waals surface area contributed by atoms with Crippen molar-refractivity contribution in [2.24, 2.45) is 0 Å². The molecule has 1 heterocycles. The van der Waals surface area contributed by atoms with Gasteiger partial charge < -0.3 is 19.5 Å². The summed E-state index contributed by atoms with van der Waals surface area (Å²) in [6.07, 6.45) is 0. The highest BCUT2D eigenvalue weighted by Gasteiger charge is 2.20. The van der Waals surface area contributed by atoms with E-state index in [2.05, 4.69) is 15.4 Å². The molecule has 4 rings (SSSR count). The summed E-state index contributed by atoms with van der Waals surface area (Å²) in [5, 5.41) is 8.30. The molecular weight excluding hydrogens is 456 g/mol. The van der Waals surface area contributed by atoms with Crippen molar-refractivity contribution in [2.45, 2.75) is 6.54 Å². The first-order valence-corrected chi connectivity index (χ1v) is 10.8. The fourth-order valence-corrected chi connectivity index (χ4v) is 3.43. The number of rotatable bonds is 8. The van der Waals surface area contributed by atoms with E-state index < -0.39 is 0 Å². The lowest BCUT2D eigenvalue weighted by Crippen LogP contribution is -2.17. The number of halogens is 1. The lowest BCUT2D eigenvalue weighted by atomic mass is 10.2. The Kier molecular flexibility index (Phi) is 6.98. The quantitative estimate of drug-likeness (QED) is 0.384. The van der Waals surface area contributed by atoms with E-state index in [1.54, 1.807) is 49.6 Å². The van der Waals surface area contributed by atoms with E-state index in [0.717, 1.165) is 16.9 Å². The molecule has 1 aromatic heterocycles. The molecule has 34 heavy (non-hydrogen) atoms. The van der Waals surface area contributed by atoms with Crippen LogP contribution in [0.3, 0.4) is 0 Å². The van der Waals surface area contributed by atoms with Gasteiger partial charge in [0.05, 0.1) is 21.3 Å². The van der Waals surface area contributed by atoms with Gasteiger partial charge in [-0.25, -0.2) is 0 Å². The molecule has 0 bridgehead atoms. The second-order valence-electron chi connectivity index (χ2n) is 7.25. The second-order valence-corrected chi connectivity index (χ2v) is 7.69. The summed E-state index contributed by atoms with van der Waals surface area (Å²) in [4.78, 5) is 18.0. The van der Waals surface area contributed by atoms with Crippen LogP contribution >= 0.6 is 11.6 Å². The first-order chi connectivity index (χ1) is 16.5. The predicted octanol–water partition coefficient (Wildman–Crippen LogP) is 4.92. The van der Waals surface area contributed by atoms with Crippen LogP contribution < -0.4 is 19.5 Å². The van der Waals surface area contributed by atoms with Crippen LogP contribution in [-0.4, -0.2) is 42.0 Å². The van der Waals surface area contributed by atoms with Crippen molar-refractivity contribution in [1.82, 2.24) is 14.8 Å². The molecule has 0 aliphatic rings. The predicted molar refractivity (Wildman–Crippen MR) is 130 cm³/mol. The van der Waals surface area contributed by atoms with Crippen molar-refractivity contribution in [1.29, 1.82) is 0 Å². The van der Waals surface area contributed by atoms with E-state index in [9.17, 15) is 4.79 Å². The number of nitrogens with one attached hydrogen (secondary N) is 1. The van der Waals surface area contributed by atoms with Crippen molar-refractivity contribution in [3.8, 4) is 28.6 Å². The maximum absolute atomic E-state index is 13.4. The number of nitrogens with zero attached hydrogens (tertiary/aromatic N) is 3. The van der Waals surface area contributed by atoms with Crippen LogP contribution in [0.15, 0.2) is 66.7 Å². The Balaban J connectivity index is 1.68. The summed E-state index contributed by atoms with van der Waals surface area (Å²) < 4.78 is 17.1. The number of carbonyl (C=O) groups excluding carboxylic acids is 1. The maximum Gasteiger partial charge on any atom is 0.281 e. The van der Waals surface area contributed by atoms with Gasteiger partial charge in [-0.05, 0) is 60.2 Å². The number of methoxy groups -OCH3 is 3. The van der Waals surface area contributed by atoms with Crippen molar-refractivity contribution in [3.63, 3.8) is 0 Å². The lowest BCUT2D eigenvalue weighted by Gasteiger charge is -2.10. The Morgan fingerprint density at radius 2 is 1.62 bits per heavy atom. The van der Waals surface area contributed by atoms with E-state index >= 15 is 0 Å². The zero-order chi connectivity index (χ0) is 24.1. The minimum Gasteiger partial charge on any atom is -0.497 e. The van der Waals surface area contributed by atoms with Gasteiger partial charge in [-0.2, -0.15) is 9.67 Å². The lowest BCUT2D eigenvalue weighted by molar-refractivity contribution is 0.0947. The van der Waals surface area contributed by atoms with E-state index in [4.69, 9.17) is 25.8 Å². The Hall–Kier alpha value is -4.04. The van der Waals surface area contributed by atoms with Crippen LogP contribution in [0, 0.1) is 0 Å². The summed E-state index contributed by atoms with van der Waals surface area (Å²) in [5.41, 5.74) is 2.09. The normalized spacial score (nSPS) is 10.6. The van der Waals surface area contributed by atoms with Crippen molar-refractivity contribution >= 4 is 23.5 Å². The number of ether oxygens (including phenoxy) is 3. The molecule has 174 valence electrons. The molecule has 0 atom stereocenters. The fourth-order valence-electron chi connectivity index (χ4n) is 3.31. The molecule has 1 N–H and O–H groups in total. The number of hydrogen-bond donors (Lipinski definition) is 1. The molecule has 0 saturated carbocycles. The zero-order valence-corrected chi connectivity index (χ0v) is 19.7. The third-order valence-electron chi connectivity index (χ3n) is 5.14. The van der Waals surface area contributed by atoms with Gasteiger partial charge in [0.1, 0.15) is 5.75 Å². The average molecular weight is 479 g/mol.